The third-order valence-electron chi connectivity index (χ3n) is 9.98. The molecule has 1 fully saturated rings. The van der Waals surface area contributed by atoms with E-state index in [0.717, 1.165) is 5.54 Å². The van der Waals surface area contributed by atoms with Crippen LogP contribution in [0.2, 0.25) is 17.6 Å². The standard InChI is InChI=1S/C39H55NSSi/c1-10-28(11-2)34-24-30(23-29-17-15-16-20-33(29)34)35-36-32(21-22-40-35)27(3)37(41-36)42(25-38(4,5)6,26-39(7,8)9)31-18-13-12-14-19-31/h15-17,20-24,28,31H,10-14,18-19,25-26H2,1-9H3. The van der Waals surface area contributed by atoms with Gasteiger partial charge in [-0.2, -0.15) is 0 Å². The number of fused-ring (bicyclic) bond motifs is 2. The maximum Gasteiger partial charge on any atom is 0.104 e. The molecular weight excluding hydrogens is 543 g/mol. The lowest BCUT2D eigenvalue weighted by Gasteiger charge is -2.47. The van der Waals surface area contributed by atoms with E-state index in [1.54, 1.807) is 10.1 Å². The van der Waals surface area contributed by atoms with Gasteiger partial charge in [-0.1, -0.05) is 112 Å². The molecule has 1 aliphatic rings. The summed E-state index contributed by atoms with van der Waals surface area (Å²) >= 11 is 2.16. The van der Waals surface area contributed by atoms with Crippen molar-refractivity contribution in [2.75, 3.05) is 0 Å². The van der Waals surface area contributed by atoms with Crippen LogP contribution >= 0.6 is 11.3 Å². The minimum absolute atomic E-state index is 0.321. The van der Waals surface area contributed by atoms with Crippen LogP contribution in [0.15, 0.2) is 48.7 Å². The van der Waals surface area contributed by atoms with Crippen molar-refractivity contribution in [1.82, 2.24) is 4.98 Å². The topological polar surface area (TPSA) is 12.9 Å². The fourth-order valence-corrected chi connectivity index (χ4v) is 19.3. The van der Waals surface area contributed by atoms with Crippen molar-refractivity contribution in [3.05, 3.63) is 59.8 Å². The Morgan fingerprint density at radius 3 is 2.12 bits per heavy atom. The lowest BCUT2D eigenvalue weighted by molar-refractivity contribution is 0.413. The molecule has 0 atom stereocenters. The highest BCUT2D eigenvalue weighted by molar-refractivity contribution is 7.32. The molecule has 0 saturated heterocycles. The molecule has 1 nitrogen and oxygen atoms in total. The summed E-state index contributed by atoms with van der Waals surface area (Å²) in [5.74, 6) is 0.569. The molecular formula is C39H55NSSi. The average molecular weight is 598 g/mol. The van der Waals surface area contributed by atoms with Gasteiger partial charge in [0.15, 0.2) is 0 Å². The van der Waals surface area contributed by atoms with Crippen molar-refractivity contribution >= 4 is 44.8 Å². The lowest BCUT2D eigenvalue weighted by atomic mass is 9.87. The van der Waals surface area contributed by atoms with Gasteiger partial charge in [-0.3, -0.25) is 4.98 Å². The highest BCUT2D eigenvalue weighted by atomic mass is 32.1. The highest BCUT2D eigenvalue weighted by Gasteiger charge is 2.49. The first-order valence-electron chi connectivity index (χ1n) is 16.8. The van der Waals surface area contributed by atoms with Gasteiger partial charge in [0.25, 0.3) is 0 Å². The van der Waals surface area contributed by atoms with Gasteiger partial charge in [0.2, 0.25) is 0 Å². The van der Waals surface area contributed by atoms with Crippen LogP contribution in [0, 0.1) is 17.8 Å². The fourth-order valence-electron chi connectivity index (χ4n) is 8.62. The van der Waals surface area contributed by atoms with Gasteiger partial charge in [0.1, 0.15) is 8.07 Å². The first-order chi connectivity index (χ1) is 19.9. The molecule has 1 aliphatic carbocycles. The summed E-state index contributed by atoms with van der Waals surface area (Å²) in [5.41, 5.74) is 7.09. The predicted octanol–water partition coefficient (Wildman–Crippen LogP) is 12.4. The molecule has 1 saturated carbocycles. The van der Waals surface area contributed by atoms with Gasteiger partial charge in [0.05, 0.1) is 10.4 Å². The van der Waals surface area contributed by atoms with Crippen LogP contribution in [0.25, 0.3) is 32.1 Å². The summed E-state index contributed by atoms with van der Waals surface area (Å²) in [6.07, 6.45) is 11.5. The Bertz CT molecular complexity index is 1510. The molecule has 0 aliphatic heterocycles. The number of nitrogens with zero attached hydrogens (tertiary/aromatic N) is 1. The van der Waals surface area contributed by atoms with Gasteiger partial charge in [-0.25, -0.2) is 0 Å². The van der Waals surface area contributed by atoms with Crippen LogP contribution in [-0.4, -0.2) is 13.1 Å². The van der Waals surface area contributed by atoms with Crippen LogP contribution in [-0.2, 0) is 0 Å². The Hall–Kier alpha value is -1.97. The number of thiophene rings is 1. The zero-order chi connectivity index (χ0) is 30.3. The smallest absolute Gasteiger partial charge is 0.104 e. The van der Waals surface area contributed by atoms with Gasteiger partial charge >= 0.3 is 0 Å². The first kappa shape index (κ1) is 31.5. The van der Waals surface area contributed by atoms with Crippen LogP contribution in [0.4, 0.5) is 0 Å². The predicted molar refractivity (Wildman–Crippen MR) is 191 cm³/mol. The second-order valence-corrected chi connectivity index (χ2v) is 21.6. The number of benzene rings is 2. The average Bonchev–Trinajstić information content (AvgIpc) is 3.29. The van der Waals surface area contributed by atoms with E-state index >= 15 is 0 Å². The highest BCUT2D eigenvalue weighted by Crippen LogP contribution is 2.50. The Morgan fingerprint density at radius 1 is 0.857 bits per heavy atom. The number of pyridine rings is 1. The van der Waals surface area contributed by atoms with E-state index in [1.165, 1.54) is 94.7 Å². The van der Waals surface area contributed by atoms with E-state index in [-0.39, 0.29) is 0 Å². The molecule has 0 N–H and O–H groups in total. The van der Waals surface area contributed by atoms with Crippen molar-refractivity contribution in [1.29, 1.82) is 0 Å². The zero-order valence-electron chi connectivity index (χ0n) is 28.0. The quantitative estimate of drug-likeness (QED) is 0.184. The maximum absolute atomic E-state index is 5.16. The number of rotatable bonds is 8. The molecule has 0 bridgehead atoms. The monoisotopic (exact) mass is 597 g/mol. The Morgan fingerprint density at radius 2 is 1.50 bits per heavy atom. The van der Waals surface area contributed by atoms with Gasteiger partial charge in [-0.15, -0.1) is 11.3 Å². The van der Waals surface area contributed by atoms with Gasteiger partial charge in [-0.05, 0) is 104 Å². The molecule has 2 heterocycles. The lowest BCUT2D eigenvalue weighted by Crippen LogP contribution is -2.56. The number of hydrogen-bond acceptors (Lipinski definition) is 2. The molecule has 2 aromatic carbocycles. The number of hydrogen-bond donors (Lipinski definition) is 0. The minimum atomic E-state index is -1.89. The Balaban J connectivity index is 1.77. The van der Waals surface area contributed by atoms with Crippen molar-refractivity contribution in [2.45, 2.75) is 131 Å². The molecule has 0 spiro atoms. The van der Waals surface area contributed by atoms with Crippen LogP contribution in [0.3, 0.4) is 0 Å². The molecule has 3 heteroatoms. The minimum Gasteiger partial charge on any atom is -0.255 e. The third-order valence-corrected chi connectivity index (χ3v) is 19.4. The number of aromatic nitrogens is 1. The summed E-state index contributed by atoms with van der Waals surface area (Å²) in [7, 11) is -1.89. The third kappa shape index (κ3) is 6.29. The van der Waals surface area contributed by atoms with Crippen LogP contribution < -0.4 is 4.50 Å². The Kier molecular flexibility index (Phi) is 9.13. The molecule has 0 amide bonds. The van der Waals surface area contributed by atoms with E-state index < -0.39 is 8.07 Å². The van der Waals surface area contributed by atoms with Crippen molar-refractivity contribution < 1.29 is 0 Å². The molecule has 0 unspecified atom stereocenters. The maximum atomic E-state index is 5.16. The van der Waals surface area contributed by atoms with Gasteiger partial charge < -0.3 is 0 Å². The molecule has 226 valence electrons. The summed E-state index contributed by atoms with van der Waals surface area (Å²) in [4.78, 5) is 5.16. The van der Waals surface area contributed by atoms with Crippen molar-refractivity contribution in [3.63, 3.8) is 0 Å². The van der Waals surface area contributed by atoms with E-state index in [9.17, 15) is 0 Å². The summed E-state index contributed by atoms with van der Waals surface area (Å²) < 4.78 is 3.22. The zero-order valence-corrected chi connectivity index (χ0v) is 29.8. The molecule has 4 aromatic rings. The van der Waals surface area contributed by atoms with E-state index in [0.29, 0.717) is 16.7 Å². The second-order valence-electron chi connectivity index (χ2n) is 15.9. The molecule has 42 heavy (non-hydrogen) atoms. The van der Waals surface area contributed by atoms with E-state index in [4.69, 9.17) is 4.98 Å². The van der Waals surface area contributed by atoms with Crippen LogP contribution in [0.1, 0.15) is 117 Å². The largest absolute Gasteiger partial charge is 0.255 e. The molecule has 0 radical (unpaired) electrons. The summed E-state index contributed by atoms with van der Waals surface area (Å²) in [5, 5.41) is 4.20. The SMILES string of the molecule is CCC(CC)c1cc(-c2nccc3c(C)c([Si](CC(C)(C)C)(CC(C)(C)C)C4CCCCC4)sc23)cc2ccccc12. The van der Waals surface area contributed by atoms with E-state index in [2.05, 4.69) is 122 Å². The summed E-state index contributed by atoms with van der Waals surface area (Å²) in [6, 6.07) is 19.0. The van der Waals surface area contributed by atoms with E-state index in [1.807, 2.05) is 0 Å². The molecule has 5 rings (SSSR count). The normalized spacial score (nSPS) is 15.8. The Labute approximate surface area is 261 Å². The van der Waals surface area contributed by atoms with Crippen molar-refractivity contribution in [2.24, 2.45) is 10.8 Å². The van der Waals surface area contributed by atoms with Gasteiger partial charge in [0, 0.05) is 11.8 Å². The van der Waals surface area contributed by atoms with Crippen molar-refractivity contribution in [3.8, 4) is 11.3 Å². The fraction of sp³-hybridized carbons (Fsp3) is 0.564. The first-order valence-corrected chi connectivity index (χ1v) is 20.1. The number of aryl methyl sites for hydroxylation is 1. The second kappa shape index (κ2) is 12.2. The van der Waals surface area contributed by atoms with Crippen LogP contribution in [0.5, 0.6) is 0 Å². The molecule has 2 aromatic heterocycles. The summed E-state index contributed by atoms with van der Waals surface area (Å²) in [6.45, 7) is 22.2.